The van der Waals surface area contributed by atoms with Crippen LogP contribution in [0.15, 0.2) is 12.1 Å². The van der Waals surface area contributed by atoms with Gasteiger partial charge in [0.1, 0.15) is 0 Å². The first kappa shape index (κ1) is 24.1. The van der Waals surface area contributed by atoms with E-state index < -0.39 is 26.2 Å². The van der Waals surface area contributed by atoms with Crippen LogP contribution >= 0.6 is 0 Å². The summed E-state index contributed by atoms with van der Waals surface area (Å²) in [6.45, 7) is 2.31. The van der Waals surface area contributed by atoms with Gasteiger partial charge in [0.2, 0.25) is 0 Å². The topological polar surface area (TPSA) is 0 Å². The van der Waals surface area contributed by atoms with Gasteiger partial charge in [-0.1, -0.05) is 94.6 Å². The van der Waals surface area contributed by atoms with Crippen LogP contribution in [0.3, 0.4) is 0 Å². The highest BCUT2D eigenvalue weighted by Crippen LogP contribution is 2.37. The third-order valence-corrected chi connectivity index (χ3v) is 15.0. The molecule has 170 valence electrons. The maximum Gasteiger partial charge on any atom is 0.194 e. The van der Waals surface area contributed by atoms with Crippen LogP contribution in [-0.4, -0.2) is 17.6 Å². The summed E-state index contributed by atoms with van der Waals surface area (Å²) < 4.78 is 40.2. The summed E-state index contributed by atoms with van der Waals surface area (Å²) >= 11 is 0. The van der Waals surface area contributed by atoms with E-state index in [2.05, 4.69) is 6.92 Å². The van der Waals surface area contributed by atoms with Gasteiger partial charge in [0.25, 0.3) is 0 Å². The van der Waals surface area contributed by atoms with Crippen LogP contribution in [0.2, 0.25) is 36.3 Å². The molecule has 2 fully saturated rings. The van der Waals surface area contributed by atoms with Crippen LogP contribution in [0.4, 0.5) is 13.2 Å². The molecule has 2 aliphatic rings. The zero-order chi connectivity index (χ0) is 21.3. The highest BCUT2D eigenvalue weighted by atomic mass is 28.3. The van der Waals surface area contributed by atoms with E-state index in [4.69, 9.17) is 0 Å². The van der Waals surface area contributed by atoms with E-state index in [0.717, 1.165) is 18.8 Å². The van der Waals surface area contributed by atoms with Crippen molar-refractivity contribution >= 4 is 17.6 Å². The molecule has 0 spiro atoms. The molecule has 0 aromatic heterocycles. The molecule has 30 heavy (non-hydrogen) atoms. The number of rotatable bonds is 10. The van der Waals surface area contributed by atoms with E-state index in [1.165, 1.54) is 81.6 Å². The van der Waals surface area contributed by atoms with Crippen molar-refractivity contribution in [1.29, 1.82) is 0 Å². The molecule has 2 saturated heterocycles. The quantitative estimate of drug-likeness (QED) is 0.190. The minimum atomic E-state index is -1.34. The van der Waals surface area contributed by atoms with Crippen LogP contribution in [0.5, 0.6) is 0 Å². The lowest BCUT2D eigenvalue weighted by atomic mass is 9.93. The Kier molecular flexibility index (Phi) is 10.0. The van der Waals surface area contributed by atoms with Crippen molar-refractivity contribution in [2.45, 2.75) is 113 Å². The molecule has 2 heterocycles. The summed E-state index contributed by atoms with van der Waals surface area (Å²) in [5.74, 6) is -2.19. The maximum atomic E-state index is 13.5. The van der Waals surface area contributed by atoms with Gasteiger partial charge >= 0.3 is 0 Å². The van der Waals surface area contributed by atoms with Crippen LogP contribution < -0.4 is 0 Å². The summed E-state index contributed by atoms with van der Waals surface area (Å²) in [7, 11) is -1.04. The van der Waals surface area contributed by atoms with Crippen molar-refractivity contribution in [1.82, 2.24) is 0 Å². The third-order valence-electron chi connectivity index (χ3n) is 7.98. The lowest BCUT2D eigenvalue weighted by Gasteiger charge is -2.29. The average molecular weight is 455 g/mol. The van der Waals surface area contributed by atoms with Crippen molar-refractivity contribution in [2.75, 3.05) is 0 Å². The fourth-order valence-electron chi connectivity index (χ4n) is 5.95. The van der Waals surface area contributed by atoms with Crippen molar-refractivity contribution < 1.29 is 13.2 Å². The second-order valence-electron chi connectivity index (χ2n) is 10.2. The molecular weight excluding hydrogens is 413 g/mol. The van der Waals surface area contributed by atoms with Gasteiger partial charge in [-0.25, -0.2) is 13.2 Å². The van der Waals surface area contributed by atoms with Crippen LogP contribution in [0.1, 0.15) is 82.6 Å². The van der Waals surface area contributed by atoms with E-state index in [9.17, 15) is 13.2 Å². The fraction of sp³-hybridized carbons (Fsp3) is 0.760. The second-order valence-corrected chi connectivity index (χ2v) is 17.1. The molecule has 0 atom stereocenters. The summed E-state index contributed by atoms with van der Waals surface area (Å²) in [4.78, 5) is 0. The molecule has 0 N–H and O–H groups in total. The highest BCUT2D eigenvalue weighted by Gasteiger charge is 2.25. The number of hydrogen-bond donors (Lipinski definition) is 0. The minimum Gasteiger partial charge on any atom is -0.204 e. The fourth-order valence-corrected chi connectivity index (χ4v) is 13.1. The van der Waals surface area contributed by atoms with Gasteiger partial charge in [0, 0.05) is 17.6 Å². The largest absolute Gasteiger partial charge is 0.204 e. The van der Waals surface area contributed by atoms with Gasteiger partial charge in [-0.05, 0) is 42.4 Å². The molecule has 1 aromatic rings. The van der Waals surface area contributed by atoms with Gasteiger partial charge in [-0.2, -0.15) is 0 Å². The second kappa shape index (κ2) is 12.5. The molecule has 0 amide bonds. The van der Waals surface area contributed by atoms with Crippen molar-refractivity contribution in [3.05, 3.63) is 35.1 Å². The molecule has 1 aromatic carbocycles. The van der Waals surface area contributed by atoms with Crippen LogP contribution in [-0.2, 0) is 0 Å². The Hall–Kier alpha value is -0.556. The normalized spacial score (nSPS) is 27.3. The number of benzene rings is 1. The molecule has 2 aliphatic heterocycles. The van der Waals surface area contributed by atoms with Gasteiger partial charge in [-0.3, -0.25) is 0 Å². The van der Waals surface area contributed by atoms with E-state index >= 15 is 0 Å². The predicted molar refractivity (Wildman–Crippen MR) is 128 cm³/mol. The number of halogens is 3. The first-order valence-electron chi connectivity index (χ1n) is 12.7. The number of hydrogen-bond acceptors (Lipinski definition) is 0. The van der Waals surface area contributed by atoms with E-state index in [-0.39, 0.29) is 14.7 Å². The highest BCUT2D eigenvalue weighted by molar-refractivity contribution is 6.59. The Morgan fingerprint density at radius 2 is 1.30 bits per heavy atom. The zero-order valence-corrected chi connectivity index (χ0v) is 21.2. The molecule has 0 radical (unpaired) electrons. The smallest absolute Gasteiger partial charge is 0.194 e. The van der Waals surface area contributed by atoms with E-state index in [0.29, 0.717) is 5.56 Å². The Morgan fingerprint density at radius 1 is 0.767 bits per heavy atom. The van der Waals surface area contributed by atoms with Crippen molar-refractivity contribution in [3.63, 3.8) is 0 Å². The van der Waals surface area contributed by atoms with Gasteiger partial charge in [0.05, 0.1) is 0 Å². The summed E-state index contributed by atoms with van der Waals surface area (Å²) in [6.07, 6.45) is 13.7. The molecule has 0 unspecified atom stereocenters. The molecule has 0 aliphatic carbocycles. The minimum absolute atomic E-state index is 0.218. The van der Waals surface area contributed by atoms with Crippen LogP contribution in [0.25, 0.3) is 0 Å². The molecule has 5 heteroatoms. The third kappa shape index (κ3) is 7.25. The Morgan fingerprint density at radius 3 is 1.87 bits per heavy atom. The Labute approximate surface area is 185 Å². The molecule has 0 saturated carbocycles. The Bertz CT molecular complexity index is 612. The average Bonchev–Trinajstić information content (AvgIpc) is 2.76. The molecular formula is C25H41F3Si2. The predicted octanol–water partition coefficient (Wildman–Crippen LogP) is 8.21. The zero-order valence-electron chi connectivity index (χ0n) is 18.9. The first-order valence-corrected chi connectivity index (χ1v) is 17.6. The van der Waals surface area contributed by atoms with Crippen molar-refractivity contribution in [3.8, 4) is 0 Å². The van der Waals surface area contributed by atoms with Gasteiger partial charge in [0.15, 0.2) is 17.5 Å². The summed E-state index contributed by atoms with van der Waals surface area (Å²) in [5, 5.41) is 0. The summed E-state index contributed by atoms with van der Waals surface area (Å²) in [5.41, 5.74) is 0.660. The lowest BCUT2D eigenvalue weighted by molar-refractivity contribution is 0.420. The van der Waals surface area contributed by atoms with E-state index in [1.807, 2.05) is 0 Å². The molecule has 0 nitrogen and oxygen atoms in total. The lowest BCUT2D eigenvalue weighted by Crippen LogP contribution is -2.22. The van der Waals surface area contributed by atoms with Crippen LogP contribution in [0, 0.1) is 23.4 Å². The monoisotopic (exact) mass is 454 g/mol. The van der Waals surface area contributed by atoms with Crippen molar-refractivity contribution in [2.24, 2.45) is 5.92 Å². The standard InChI is InChI=1S/C25H41F3Si2/c1-2-3-5-12-29-14-8-20(9-15-29)7-4-6-13-30-16-10-21(11-17-30)22-18-23(26)25(28)24(27)19-22/h18-21,29-30H,2-17H2,1H3/t20-,21-,29-,30-. The Balaban J connectivity index is 1.27. The first-order chi connectivity index (χ1) is 14.6. The maximum absolute atomic E-state index is 13.5. The molecule has 0 bridgehead atoms. The molecule has 3 rings (SSSR count). The number of unbranched alkanes of at least 4 members (excludes halogenated alkanes) is 3. The van der Waals surface area contributed by atoms with Gasteiger partial charge in [-0.15, -0.1) is 0 Å². The van der Waals surface area contributed by atoms with E-state index in [1.54, 1.807) is 18.1 Å². The SMILES string of the molecule is CCCCC[Si@H]1CC[C@H](CCCC[Si@H]2CC[C@H](c3cc(F)c(F)c(F)c3)CC2)CC1. The van der Waals surface area contributed by atoms with Gasteiger partial charge < -0.3 is 0 Å². The summed E-state index contributed by atoms with van der Waals surface area (Å²) in [6, 6.07) is 11.2.